The number of halogens is 2. The maximum absolute atomic E-state index is 13.5. The zero-order valence-corrected chi connectivity index (χ0v) is 24.8. The van der Waals surface area contributed by atoms with Gasteiger partial charge in [-0.25, -0.2) is 0 Å². The van der Waals surface area contributed by atoms with Gasteiger partial charge in [-0.15, -0.1) is 0 Å². The Morgan fingerprint density at radius 2 is 1.80 bits per heavy atom. The van der Waals surface area contributed by atoms with E-state index >= 15 is 0 Å². The number of likely N-dealkylation sites (tertiary alicyclic amines) is 1. The third kappa shape index (κ3) is 6.33. The van der Waals surface area contributed by atoms with E-state index in [0.717, 1.165) is 36.1 Å². The number of nitrogens with one attached hydrogen (secondary N) is 1. The van der Waals surface area contributed by atoms with Crippen LogP contribution in [-0.2, 0) is 27.7 Å². The summed E-state index contributed by atoms with van der Waals surface area (Å²) in [6.45, 7) is 3.33. The Labute approximate surface area is 245 Å². The van der Waals surface area contributed by atoms with Gasteiger partial charge in [-0.2, -0.15) is 0 Å². The second kappa shape index (κ2) is 12.5. The maximum Gasteiger partial charge on any atom is 0.257 e. The zero-order valence-electron chi connectivity index (χ0n) is 23.3. The monoisotopic (exact) mass is 585 g/mol. The van der Waals surface area contributed by atoms with E-state index in [-0.39, 0.29) is 36.5 Å². The number of aryl methyl sites for hydroxylation is 1. The van der Waals surface area contributed by atoms with Crippen molar-refractivity contribution in [1.29, 1.82) is 0 Å². The molecule has 1 aromatic heterocycles. The van der Waals surface area contributed by atoms with Crippen LogP contribution in [0.3, 0.4) is 0 Å². The van der Waals surface area contributed by atoms with Crippen LogP contribution in [0.2, 0.25) is 10.0 Å². The van der Waals surface area contributed by atoms with Gasteiger partial charge in [0.25, 0.3) is 5.91 Å². The number of carbonyl (C=O) groups is 2. The van der Waals surface area contributed by atoms with Gasteiger partial charge < -0.3 is 24.3 Å². The molecule has 7 nitrogen and oxygen atoms in total. The molecule has 2 heterocycles. The van der Waals surface area contributed by atoms with Crippen molar-refractivity contribution in [3.8, 4) is 0 Å². The van der Waals surface area contributed by atoms with E-state index < -0.39 is 0 Å². The summed E-state index contributed by atoms with van der Waals surface area (Å²) in [5.74, 6) is 0.434. The largest absolute Gasteiger partial charge is 0.380 e. The van der Waals surface area contributed by atoms with E-state index in [2.05, 4.69) is 12.2 Å². The Kier molecular flexibility index (Phi) is 9.05. The topological polar surface area (TPSA) is 72.8 Å². The van der Waals surface area contributed by atoms with Gasteiger partial charge in [-0.1, -0.05) is 48.3 Å². The lowest BCUT2D eigenvalue weighted by molar-refractivity contribution is -0.133. The number of anilines is 1. The minimum atomic E-state index is -0.281. The van der Waals surface area contributed by atoms with Gasteiger partial charge in [0.2, 0.25) is 5.91 Å². The van der Waals surface area contributed by atoms with Crippen molar-refractivity contribution in [2.45, 2.75) is 63.7 Å². The van der Waals surface area contributed by atoms with Crippen LogP contribution in [0.15, 0.2) is 42.6 Å². The van der Waals surface area contributed by atoms with Crippen LogP contribution in [0.4, 0.5) is 5.69 Å². The van der Waals surface area contributed by atoms with Crippen LogP contribution in [0.5, 0.6) is 0 Å². The van der Waals surface area contributed by atoms with Crippen molar-refractivity contribution in [2.24, 2.45) is 13.0 Å². The number of amides is 2. The maximum atomic E-state index is 13.5. The summed E-state index contributed by atoms with van der Waals surface area (Å²) in [5, 5.41) is 4.43. The third-order valence-corrected chi connectivity index (χ3v) is 9.05. The van der Waals surface area contributed by atoms with Crippen molar-refractivity contribution in [1.82, 2.24) is 9.47 Å². The summed E-state index contributed by atoms with van der Waals surface area (Å²) < 4.78 is 13.8. The summed E-state index contributed by atoms with van der Waals surface area (Å²) in [5.41, 5.74) is 2.51. The molecule has 2 fully saturated rings. The van der Waals surface area contributed by atoms with E-state index in [4.69, 9.17) is 32.7 Å². The lowest BCUT2D eigenvalue weighted by atomic mass is 9.89. The number of fused-ring (bicyclic) bond motifs is 1. The van der Waals surface area contributed by atoms with Crippen molar-refractivity contribution >= 4 is 51.6 Å². The summed E-state index contributed by atoms with van der Waals surface area (Å²) in [4.78, 5) is 28.4. The van der Waals surface area contributed by atoms with E-state index in [1.54, 1.807) is 25.4 Å². The fraction of sp³-hybridized carbons (Fsp3) is 0.484. The second-order valence-corrected chi connectivity index (χ2v) is 12.0. The molecule has 2 unspecified atom stereocenters. The number of benzene rings is 2. The predicted molar refractivity (Wildman–Crippen MR) is 159 cm³/mol. The first-order valence-corrected chi connectivity index (χ1v) is 14.8. The number of methoxy groups -OCH3 is 1. The molecule has 2 aliphatic rings. The molecule has 0 radical (unpaired) electrons. The lowest BCUT2D eigenvalue weighted by Gasteiger charge is -2.30. The molecule has 5 rings (SSSR count). The first-order valence-electron chi connectivity index (χ1n) is 14.0. The molecule has 1 aliphatic carbocycles. The molecular weight excluding hydrogens is 549 g/mol. The van der Waals surface area contributed by atoms with E-state index in [1.165, 1.54) is 12.8 Å². The molecule has 0 spiro atoms. The highest BCUT2D eigenvalue weighted by Crippen LogP contribution is 2.32. The Balaban J connectivity index is 1.25. The number of aromatic nitrogens is 1. The summed E-state index contributed by atoms with van der Waals surface area (Å²) in [6, 6.07) is 11.0. The average molecular weight is 587 g/mol. The zero-order chi connectivity index (χ0) is 28.4. The van der Waals surface area contributed by atoms with Crippen LogP contribution in [-0.4, -0.2) is 59.8 Å². The molecule has 3 aromatic rings. The Morgan fingerprint density at radius 1 is 1.05 bits per heavy atom. The summed E-state index contributed by atoms with van der Waals surface area (Å²) in [7, 11) is 3.58. The number of rotatable bonds is 8. The van der Waals surface area contributed by atoms with Crippen LogP contribution in [0.1, 0.15) is 54.9 Å². The Hall–Kier alpha value is -2.58. The van der Waals surface area contributed by atoms with E-state index in [0.29, 0.717) is 40.0 Å². The molecule has 214 valence electrons. The number of hydrogen-bond donors (Lipinski definition) is 1. The molecule has 0 bridgehead atoms. The van der Waals surface area contributed by atoms with Gasteiger partial charge in [-0.3, -0.25) is 9.59 Å². The molecule has 1 aliphatic heterocycles. The predicted octanol–water partition coefficient (Wildman–Crippen LogP) is 6.49. The minimum absolute atomic E-state index is 0.0188. The standard InChI is InChI=1S/C31H37Cl2N3O4/c1-19-8-10-22(11-9-19)40-18-21-14-23(39-3)16-36(21)30(37)13-20-12-27(33)28(15-26(20)32)34-31(38)25-17-35(2)29-7-5-4-6-24(25)29/h4-7,12,15,17,19,21-23H,8-11,13-14,16,18H2,1-3H3,(H,34,38). The van der Waals surface area contributed by atoms with Crippen LogP contribution < -0.4 is 5.32 Å². The molecule has 2 atom stereocenters. The normalized spacial score (nSPS) is 23.1. The van der Waals surface area contributed by atoms with Crippen LogP contribution in [0.25, 0.3) is 10.9 Å². The highest BCUT2D eigenvalue weighted by Gasteiger charge is 2.36. The van der Waals surface area contributed by atoms with Gasteiger partial charge in [0, 0.05) is 42.8 Å². The smallest absolute Gasteiger partial charge is 0.257 e. The van der Waals surface area contributed by atoms with Crippen molar-refractivity contribution in [3.05, 3.63) is 63.8 Å². The van der Waals surface area contributed by atoms with Crippen molar-refractivity contribution in [2.75, 3.05) is 25.6 Å². The fourth-order valence-electron chi connectivity index (χ4n) is 5.95. The van der Waals surface area contributed by atoms with Gasteiger partial charge in [-0.05, 0) is 61.8 Å². The van der Waals surface area contributed by atoms with Crippen molar-refractivity contribution in [3.63, 3.8) is 0 Å². The highest BCUT2D eigenvalue weighted by atomic mass is 35.5. The summed E-state index contributed by atoms with van der Waals surface area (Å²) >= 11 is 13.2. The molecule has 2 amide bonds. The number of carbonyl (C=O) groups excluding carboxylic acids is 2. The summed E-state index contributed by atoms with van der Waals surface area (Å²) in [6.07, 6.45) is 7.42. The van der Waals surface area contributed by atoms with E-state index in [9.17, 15) is 9.59 Å². The fourth-order valence-corrected chi connectivity index (χ4v) is 6.41. The number of ether oxygens (including phenoxy) is 2. The molecule has 1 N–H and O–H groups in total. The van der Waals surface area contributed by atoms with E-state index in [1.807, 2.05) is 40.8 Å². The van der Waals surface area contributed by atoms with Gasteiger partial charge >= 0.3 is 0 Å². The van der Waals surface area contributed by atoms with Crippen molar-refractivity contribution < 1.29 is 19.1 Å². The number of hydrogen-bond acceptors (Lipinski definition) is 4. The average Bonchev–Trinajstić information content (AvgIpc) is 3.52. The minimum Gasteiger partial charge on any atom is -0.380 e. The highest BCUT2D eigenvalue weighted by molar-refractivity contribution is 6.36. The Bertz CT molecular complexity index is 1380. The molecular formula is C31H37Cl2N3O4. The number of nitrogens with zero attached hydrogens (tertiary/aromatic N) is 2. The number of para-hydroxylation sites is 1. The molecule has 1 saturated carbocycles. The van der Waals surface area contributed by atoms with Crippen LogP contribution in [0, 0.1) is 5.92 Å². The third-order valence-electron chi connectivity index (χ3n) is 8.38. The molecule has 2 aromatic carbocycles. The molecule has 9 heteroatoms. The van der Waals surface area contributed by atoms with Gasteiger partial charge in [0.1, 0.15) is 0 Å². The lowest BCUT2D eigenvalue weighted by Crippen LogP contribution is -2.40. The first-order chi connectivity index (χ1) is 19.2. The SMILES string of the molecule is COC1CC(COC2CCC(C)CC2)N(C(=O)Cc2cc(Cl)c(NC(=O)c3cn(C)c4ccccc34)cc2Cl)C1. The molecule has 40 heavy (non-hydrogen) atoms. The van der Waals surface area contributed by atoms with Crippen LogP contribution >= 0.6 is 23.2 Å². The van der Waals surface area contributed by atoms with Gasteiger partial charge in [0.15, 0.2) is 0 Å². The quantitative estimate of drug-likeness (QED) is 0.328. The first kappa shape index (κ1) is 28.9. The van der Waals surface area contributed by atoms with Gasteiger partial charge in [0.05, 0.1) is 47.6 Å². The second-order valence-electron chi connectivity index (χ2n) is 11.2. The molecule has 1 saturated heterocycles. The Morgan fingerprint density at radius 3 is 2.55 bits per heavy atom.